The standard InChI is InChI=1S/C19H21N3O4/c1-18(2,17(24)25)22-11-12(10-20-22)21-16(23)14-9-19(14)7-8-26-15-6-4-3-5-13(15)19/h3-6,10-11,14H,7-9H2,1-2H3,(H,21,23)(H,24,25)/t14-,19-/m0/s1. The molecule has 26 heavy (non-hydrogen) atoms. The smallest absolute Gasteiger partial charge is 0.331 e. The monoisotopic (exact) mass is 355 g/mol. The van der Waals surface area contributed by atoms with E-state index in [-0.39, 0.29) is 17.2 Å². The summed E-state index contributed by atoms with van der Waals surface area (Å²) in [4.78, 5) is 24.1. The fourth-order valence-corrected chi connectivity index (χ4v) is 3.72. The molecule has 0 radical (unpaired) electrons. The van der Waals surface area contributed by atoms with Crippen LogP contribution in [0.25, 0.3) is 0 Å². The lowest BCUT2D eigenvalue weighted by molar-refractivity contribution is -0.146. The van der Waals surface area contributed by atoms with E-state index in [2.05, 4.69) is 10.4 Å². The van der Waals surface area contributed by atoms with Gasteiger partial charge in [-0.15, -0.1) is 0 Å². The molecule has 7 nitrogen and oxygen atoms in total. The Morgan fingerprint density at radius 2 is 2.15 bits per heavy atom. The Bertz CT molecular complexity index is 888. The van der Waals surface area contributed by atoms with Crippen molar-refractivity contribution in [1.82, 2.24) is 9.78 Å². The van der Waals surface area contributed by atoms with Gasteiger partial charge in [-0.1, -0.05) is 18.2 Å². The highest BCUT2D eigenvalue weighted by Crippen LogP contribution is 2.60. The molecular weight excluding hydrogens is 334 g/mol. The van der Waals surface area contributed by atoms with Crippen LogP contribution in [0.2, 0.25) is 0 Å². The molecule has 0 bridgehead atoms. The van der Waals surface area contributed by atoms with E-state index in [1.165, 1.54) is 10.9 Å². The zero-order chi connectivity index (χ0) is 18.5. The van der Waals surface area contributed by atoms with Crippen molar-refractivity contribution in [3.8, 4) is 5.75 Å². The first-order valence-corrected chi connectivity index (χ1v) is 8.66. The number of carbonyl (C=O) groups excluding carboxylic acids is 1. The molecule has 136 valence electrons. The number of ether oxygens (including phenoxy) is 1. The summed E-state index contributed by atoms with van der Waals surface area (Å²) in [6, 6.07) is 7.89. The first kappa shape index (κ1) is 16.6. The SMILES string of the molecule is CC(C)(C(=O)O)n1cc(NC(=O)[C@@H]2C[C@]23CCOc2ccccc23)cn1. The van der Waals surface area contributed by atoms with E-state index in [0.29, 0.717) is 12.3 Å². The van der Waals surface area contributed by atoms with Crippen LogP contribution in [0.5, 0.6) is 5.75 Å². The topological polar surface area (TPSA) is 93.5 Å². The maximum atomic E-state index is 12.7. The molecule has 1 aromatic carbocycles. The van der Waals surface area contributed by atoms with Gasteiger partial charge in [-0.3, -0.25) is 9.48 Å². The van der Waals surface area contributed by atoms with Crippen LogP contribution in [0.3, 0.4) is 0 Å². The van der Waals surface area contributed by atoms with Crippen LogP contribution in [0.15, 0.2) is 36.7 Å². The Balaban J connectivity index is 1.50. The van der Waals surface area contributed by atoms with Crippen LogP contribution in [0.1, 0.15) is 32.3 Å². The Labute approximate surface area is 151 Å². The Morgan fingerprint density at radius 3 is 2.92 bits per heavy atom. The third-order valence-corrected chi connectivity index (χ3v) is 5.57. The van der Waals surface area contributed by atoms with Crippen molar-refractivity contribution in [3.63, 3.8) is 0 Å². The van der Waals surface area contributed by atoms with Gasteiger partial charge >= 0.3 is 5.97 Å². The number of nitrogens with zero attached hydrogens (tertiary/aromatic N) is 2. The van der Waals surface area contributed by atoms with Crippen LogP contribution >= 0.6 is 0 Å². The number of benzene rings is 1. The van der Waals surface area contributed by atoms with Crippen LogP contribution in [0.4, 0.5) is 5.69 Å². The van der Waals surface area contributed by atoms with Gasteiger partial charge in [0.15, 0.2) is 5.54 Å². The molecule has 2 heterocycles. The van der Waals surface area contributed by atoms with Gasteiger partial charge < -0.3 is 15.2 Å². The van der Waals surface area contributed by atoms with E-state index < -0.39 is 11.5 Å². The molecule has 1 aromatic heterocycles. The quantitative estimate of drug-likeness (QED) is 0.878. The maximum absolute atomic E-state index is 12.7. The van der Waals surface area contributed by atoms with Crippen LogP contribution in [-0.2, 0) is 20.5 Å². The number of nitrogens with one attached hydrogen (secondary N) is 1. The number of fused-ring (bicyclic) bond motifs is 2. The predicted molar refractivity (Wildman–Crippen MR) is 94.2 cm³/mol. The average molecular weight is 355 g/mol. The second-order valence-corrected chi connectivity index (χ2v) is 7.53. The largest absolute Gasteiger partial charge is 0.493 e. The summed E-state index contributed by atoms with van der Waals surface area (Å²) in [5.74, 6) is -0.290. The molecular formula is C19H21N3O4. The fourth-order valence-electron chi connectivity index (χ4n) is 3.72. The number of hydrogen-bond acceptors (Lipinski definition) is 4. The second-order valence-electron chi connectivity index (χ2n) is 7.53. The molecule has 0 unspecified atom stereocenters. The summed E-state index contributed by atoms with van der Waals surface area (Å²) in [7, 11) is 0. The number of para-hydroxylation sites is 1. The van der Waals surface area contributed by atoms with E-state index in [1.807, 2.05) is 24.3 Å². The highest BCUT2D eigenvalue weighted by molar-refractivity contribution is 5.96. The molecule has 7 heteroatoms. The Morgan fingerprint density at radius 1 is 1.38 bits per heavy atom. The lowest BCUT2D eigenvalue weighted by Crippen LogP contribution is -2.35. The molecule has 2 N–H and O–H groups in total. The zero-order valence-corrected chi connectivity index (χ0v) is 14.7. The lowest BCUT2D eigenvalue weighted by atomic mass is 9.87. The van der Waals surface area contributed by atoms with Crippen LogP contribution < -0.4 is 10.1 Å². The molecule has 1 saturated carbocycles. The second kappa shape index (κ2) is 5.59. The molecule has 1 fully saturated rings. The van der Waals surface area contributed by atoms with E-state index in [1.54, 1.807) is 20.0 Å². The molecule has 1 spiro atoms. The van der Waals surface area contributed by atoms with Crippen LogP contribution in [-0.4, -0.2) is 33.4 Å². The highest BCUT2D eigenvalue weighted by Gasteiger charge is 2.61. The Hall–Kier alpha value is -2.83. The molecule has 2 aliphatic rings. The van der Waals surface area contributed by atoms with Gasteiger partial charge in [0.2, 0.25) is 5.91 Å². The number of carboxylic acids is 1. The minimum absolute atomic E-state index is 0.0608. The highest BCUT2D eigenvalue weighted by atomic mass is 16.5. The van der Waals surface area contributed by atoms with Gasteiger partial charge in [-0.05, 0) is 32.8 Å². The van der Waals surface area contributed by atoms with Crippen molar-refractivity contribution in [3.05, 3.63) is 42.2 Å². The first-order valence-electron chi connectivity index (χ1n) is 8.66. The van der Waals surface area contributed by atoms with Gasteiger partial charge in [0.1, 0.15) is 5.75 Å². The fraction of sp³-hybridized carbons (Fsp3) is 0.421. The number of aromatic nitrogens is 2. The molecule has 0 saturated heterocycles. The summed E-state index contributed by atoms with van der Waals surface area (Å²) in [6.45, 7) is 3.73. The summed E-state index contributed by atoms with van der Waals surface area (Å²) in [6.07, 6.45) is 4.66. The van der Waals surface area contributed by atoms with Crippen molar-refractivity contribution < 1.29 is 19.4 Å². The summed E-state index contributed by atoms with van der Waals surface area (Å²) >= 11 is 0. The van der Waals surface area contributed by atoms with Crippen molar-refractivity contribution >= 4 is 17.6 Å². The predicted octanol–water partition coefficient (Wildman–Crippen LogP) is 2.38. The minimum atomic E-state index is -1.18. The van der Waals surface area contributed by atoms with Gasteiger partial charge in [0.05, 0.1) is 18.5 Å². The van der Waals surface area contributed by atoms with E-state index in [9.17, 15) is 14.7 Å². The van der Waals surface area contributed by atoms with E-state index in [4.69, 9.17) is 4.74 Å². The van der Waals surface area contributed by atoms with E-state index >= 15 is 0 Å². The zero-order valence-electron chi connectivity index (χ0n) is 14.7. The number of aliphatic carboxylic acids is 1. The van der Waals surface area contributed by atoms with Crippen molar-refractivity contribution in [2.75, 3.05) is 11.9 Å². The number of rotatable bonds is 4. The Kier molecular flexibility index (Phi) is 3.57. The third kappa shape index (κ3) is 2.46. The van der Waals surface area contributed by atoms with E-state index in [0.717, 1.165) is 24.2 Å². The van der Waals surface area contributed by atoms with Crippen LogP contribution in [0, 0.1) is 5.92 Å². The normalized spacial score (nSPS) is 23.8. The molecule has 1 aliphatic heterocycles. The maximum Gasteiger partial charge on any atom is 0.331 e. The molecule has 1 aliphatic carbocycles. The van der Waals surface area contributed by atoms with Gasteiger partial charge in [-0.2, -0.15) is 5.10 Å². The van der Waals surface area contributed by atoms with Crippen molar-refractivity contribution in [2.24, 2.45) is 5.92 Å². The minimum Gasteiger partial charge on any atom is -0.493 e. The first-order chi connectivity index (χ1) is 12.3. The van der Waals surface area contributed by atoms with Gasteiger partial charge in [-0.25, -0.2) is 4.79 Å². The number of anilines is 1. The summed E-state index contributed by atoms with van der Waals surface area (Å²) in [5, 5.41) is 16.2. The van der Waals surface area contributed by atoms with Crippen molar-refractivity contribution in [2.45, 2.75) is 37.6 Å². The van der Waals surface area contributed by atoms with Gasteiger partial charge in [0.25, 0.3) is 0 Å². The number of carboxylic acid groups (broad SMARTS) is 1. The van der Waals surface area contributed by atoms with Gasteiger partial charge in [0, 0.05) is 23.1 Å². The summed E-state index contributed by atoms with van der Waals surface area (Å²) in [5.41, 5.74) is 0.291. The lowest BCUT2D eigenvalue weighted by Gasteiger charge is -2.26. The molecule has 1 amide bonds. The number of carbonyl (C=O) groups is 2. The molecule has 2 atom stereocenters. The van der Waals surface area contributed by atoms with Crippen molar-refractivity contribution in [1.29, 1.82) is 0 Å². The average Bonchev–Trinajstić information content (AvgIpc) is 3.12. The number of amides is 1. The third-order valence-electron chi connectivity index (χ3n) is 5.57. The summed E-state index contributed by atoms with van der Waals surface area (Å²) < 4.78 is 7.05. The number of hydrogen-bond donors (Lipinski definition) is 2. The molecule has 2 aromatic rings. The molecule has 4 rings (SSSR count).